The normalized spacial score (nSPS) is 11.1. The van der Waals surface area contributed by atoms with Crippen LogP contribution in [0, 0.1) is 13.8 Å². The minimum absolute atomic E-state index is 0.233. The van der Waals surface area contributed by atoms with Crippen molar-refractivity contribution in [2.24, 2.45) is 7.05 Å². The number of rotatable bonds is 2. The first-order valence-corrected chi connectivity index (χ1v) is 7.23. The van der Waals surface area contributed by atoms with Crippen LogP contribution in [-0.4, -0.2) is 21.5 Å². The summed E-state index contributed by atoms with van der Waals surface area (Å²) in [4.78, 5) is 12.7. The number of benzene rings is 1. The standard InChI is InChI=1S/C16H16ClN3O2/c1-9-15(22-4)14(16(21)19(3)18-9)20-10(2)13(17)11-7-5-6-8-12(11)20/h5-8H,1-4H3. The summed E-state index contributed by atoms with van der Waals surface area (Å²) in [7, 11) is 3.16. The molecule has 0 spiro atoms. The first kappa shape index (κ1) is 14.7. The van der Waals surface area contributed by atoms with Crippen LogP contribution in [0.4, 0.5) is 0 Å². The number of hydrogen-bond acceptors (Lipinski definition) is 3. The van der Waals surface area contributed by atoms with E-state index in [9.17, 15) is 4.79 Å². The van der Waals surface area contributed by atoms with Gasteiger partial charge in [-0.25, -0.2) is 4.68 Å². The number of fused-ring (bicyclic) bond motifs is 1. The Labute approximate surface area is 132 Å². The van der Waals surface area contributed by atoms with Gasteiger partial charge >= 0.3 is 0 Å². The lowest BCUT2D eigenvalue weighted by molar-refractivity contribution is 0.401. The molecule has 0 bridgehead atoms. The summed E-state index contributed by atoms with van der Waals surface area (Å²) in [6.07, 6.45) is 0. The molecule has 3 aromatic rings. The molecule has 22 heavy (non-hydrogen) atoms. The van der Waals surface area contributed by atoms with Crippen LogP contribution in [0.5, 0.6) is 5.75 Å². The fourth-order valence-corrected chi connectivity index (χ4v) is 3.04. The van der Waals surface area contributed by atoms with Gasteiger partial charge in [-0.1, -0.05) is 29.8 Å². The van der Waals surface area contributed by atoms with Gasteiger partial charge in [0.2, 0.25) is 0 Å². The molecule has 0 N–H and O–H groups in total. The van der Waals surface area contributed by atoms with Gasteiger partial charge < -0.3 is 9.30 Å². The number of aromatic nitrogens is 3. The Morgan fingerprint density at radius 3 is 2.59 bits per heavy atom. The summed E-state index contributed by atoms with van der Waals surface area (Å²) >= 11 is 6.44. The second kappa shape index (κ2) is 5.18. The van der Waals surface area contributed by atoms with Gasteiger partial charge in [0, 0.05) is 18.1 Å². The minimum Gasteiger partial charge on any atom is -0.492 e. The molecule has 6 heteroatoms. The van der Waals surface area contributed by atoms with Crippen molar-refractivity contribution < 1.29 is 4.74 Å². The molecule has 0 aliphatic heterocycles. The van der Waals surface area contributed by atoms with Crippen molar-refractivity contribution in [3.63, 3.8) is 0 Å². The molecule has 0 saturated carbocycles. The molecule has 2 aromatic heterocycles. The van der Waals surface area contributed by atoms with E-state index in [0.717, 1.165) is 16.6 Å². The molecular formula is C16H16ClN3O2. The van der Waals surface area contributed by atoms with Crippen LogP contribution in [0.15, 0.2) is 29.1 Å². The molecule has 5 nitrogen and oxygen atoms in total. The third kappa shape index (κ3) is 1.93. The monoisotopic (exact) mass is 317 g/mol. The van der Waals surface area contributed by atoms with Gasteiger partial charge in [-0.05, 0) is 19.9 Å². The Morgan fingerprint density at radius 2 is 1.91 bits per heavy atom. The van der Waals surface area contributed by atoms with Crippen molar-refractivity contribution >= 4 is 22.5 Å². The van der Waals surface area contributed by atoms with Crippen LogP contribution in [0.1, 0.15) is 11.4 Å². The summed E-state index contributed by atoms with van der Waals surface area (Å²) in [6, 6.07) is 7.71. The summed E-state index contributed by atoms with van der Waals surface area (Å²) in [5, 5.41) is 5.72. The number of para-hydroxylation sites is 1. The smallest absolute Gasteiger partial charge is 0.294 e. The second-order valence-corrected chi connectivity index (χ2v) is 5.53. The lowest BCUT2D eigenvalue weighted by Gasteiger charge is -2.15. The lowest BCUT2D eigenvalue weighted by Crippen LogP contribution is -2.26. The molecule has 0 saturated heterocycles. The molecule has 0 unspecified atom stereocenters. The fraction of sp³-hybridized carbons (Fsp3) is 0.250. The van der Waals surface area contributed by atoms with E-state index in [-0.39, 0.29) is 5.56 Å². The van der Waals surface area contributed by atoms with Gasteiger partial charge in [-0.15, -0.1) is 0 Å². The van der Waals surface area contributed by atoms with Crippen LogP contribution in [0.25, 0.3) is 16.6 Å². The van der Waals surface area contributed by atoms with Gasteiger partial charge in [0.05, 0.1) is 17.6 Å². The topological polar surface area (TPSA) is 49.1 Å². The van der Waals surface area contributed by atoms with Crippen molar-refractivity contribution in [3.05, 3.63) is 51.0 Å². The van der Waals surface area contributed by atoms with Crippen LogP contribution >= 0.6 is 11.6 Å². The number of methoxy groups -OCH3 is 1. The molecular weight excluding hydrogens is 302 g/mol. The van der Waals surface area contributed by atoms with Gasteiger partial charge in [-0.2, -0.15) is 5.10 Å². The largest absolute Gasteiger partial charge is 0.492 e. The Hall–Kier alpha value is -2.27. The van der Waals surface area contributed by atoms with E-state index in [4.69, 9.17) is 16.3 Å². The van der Waals surface area contributed by atoms with Crippen molar-refractivity contribution in [1.29, 1.82) is 0 Å². The van der Waals surface area contributed by atoms with E-state index in [1.54, 1.807) is 7.05 Å². The average Bonchev–Trinajstić information content (AvgIpc) is 2.75. The quantitative estimate of drug-likeness (QED) is 0.730. The zero-order valence-corrected chi connectivity index (χ0v) is 13.6. The fourth-order valence-electron chi connectivity index (χ4n) is 2.80. The Bertz CT molecular complexity index is 941. The molecule has 0 radical (unpaired) electrons. The van der Waals surface area contributed by atoms with Crippen molar-refractivity contribution in [3.8, 4) is 11.4 Å². The highest BCUT2D eigenvalue weighted by molar-refractivity contribution is 6.36. The Balaban J connectivity index is 2.53. The predicted molar refractivity (Wildman–Crippen MR) is 87.3 cm³/mol. The lowest BCUT2D eigenvalue weighted by atomic mass is 10.2. The number of ether oxygens (including phenoxy) is 1. The van der Waals surface area contributed by atoms with Crippen molar-refractivity contribution in [2.75, 3.05) is 7.11 Å². The van der Waals surface area contributed by atoms with E-state index in [2.05, 4.69) is 5.10 Å². The molecule has 0 atom stereocenters. The van der Waals surface area contributed by atoms with Crippen LogP contribution < -0.4 is 10.3 Å². The van der Waals surface area contributed by atoms with Crippen LogP contribution in [-0.2, 0) is 7.05 Å². The zero-order chi connectivity index (χ0) is 16.0. The highest BCUT2D eigenvalue weighted by Gasteiger charge is 2.22. The Kier molecular flexibility index (Phi) is 3.45. The third-order valence-electron chi connectivity index (χ3n) is 3.80. The third-order valence-corrected chi connectivity index (χ3v) is 4.28. The number of aryl methyl sites for hydroxylation is 2. The van der Waals surface area contributed by atoms with E-state index >= 15 is 0 Å². The van der Waals surface area contributed by atoms with E-state index < -0.39 is 0 Å². The summed E-state index contributed by atoms with van der Waals surface area (Å²) in [5.74, 6) is 0.462. The number of nitrogens with zero attached hydrogens (tertiary/aromatic N) is 3. The number of hydrogen-bond donors (Lipinski definition) is 0. The highest BCUT2D eigenvalue weighted by atomic mass is 35.5. The van der Waals surface area contributed by atoms with E-state index in [1.807, 2.05) is 42.7 Å². The molecule has 114 valence electrons. The van der Waals surface area contributed by atoms with E-state index in [1.165, 1.54) is 11.8 Å². The maximum atomic E-state index is 12.7. The highest BCUT2D eigenvalue weighted by Crippen LogP contribution is 2.34. The maximum absolute atomic E-state index is 12.7. The van der Waals surface area contributed by atoms with Gasteiger partial charge in [0.25, 0.3) is 5.56 Å². The van der Waals surface area contributed by atoms with Crippen molar-refractivity contribution in [1.82, 2.24) is 14.3 Å². The molecule has 0 aliphatic carbocycles. The molecule has 2 heterocycles. The van der Waals surface area contributed by atoms with E-state index in [0.29, 0.717) is 22.2 Å². The zero-order valence-electron chi connectivity index (χ0n) is 12.8. The summed E-state index contributed by atoms with van der Waals surface area (Å²) in [5.41, 5.74) is 2.50. The van der Waals surface area contributed by atoms with Crippen LogP contribution in [0.3, 0.4) is 0 Å². The first-order chi connectivity index (χ1) is 10.5. The van der Waals surface area contributed by atoms with Gasteiger partial charge in [-0.3, -0.25) is 4.79 Å². The van der Waals surface area contributed by atoms with Crippen LogP contribution in [0.2, 0.25) is 5.02 Å². The molecule has 3 rings (SSSR count). The average molecular weight is 318 g/mol. The molecule has 1 aromatic carbocycles. The van der Waals surface area contributed by atoms with Gasteiger partial charge in [0.1, 0.15) is 5.69 Å². The van der Waals surface area contributed by atoms with Gasteiger partial charge in [0.15, 0.2) is 11.4 Å². The first-order valence-electron chi connectivity index (χ1n) is 6.85. The SMILES string of the molecule is COc1c(C)nn(C)c(=O)c1-n1c(C)c(Cl)c2ccccc21. The molecule has 0 fully saturated rings. The van der Waals surface area contributed by atoms with Crippen molar-refractivity contribution in [2.45, 2.75) is 13.8 Å². The second-order valence-electron chi connectivity index (χ2n) is 5.15. The summed E-state index contributed by atoms with van der Waals surface area (Å²) < 4.78 is 8.60. The summed E-state index contributed by atoms with van der Waals surface area (Å²) in [6.45, 7) is 3.70. The molecule has 0 aliphatic rings. The number of halogens is 1. The molecule has 0 amide bonds. The maximum Gasteiger partial charge on any atom is 0.294 e. The minimum atomic E-state index is -0.233. The Morgan fingerprint density at radius 1 is 1.23 bits per heavy atom. The predicted octanol–water partition coefficient (Wildman–Crippen LogP) is 3.00.